The summed E-state index contributed by atoms with van der Waals surface area (Å²) in [4.78, 5) is 40.3. The Labute approximate surface area is 187 Å². The number of piperidine rings is 1. The Hall–Kier alpha value is -2.84. The summed E-state index contributed by atoms with van der Waals surface area (Å²) in [5, 5.41) is 0. The summed E-state index contributed by atoms with van der Waals surface area (Å²) in [6.07, 6.45) is 1.29. The first kappa shape index (κ1) is 23.8. The molecule has 3 rings (SSSR count). The van der Waals surface area contributed by atoms with Crippen LogP contribution in [0.25, 0.3) is 0 Å². The second-order valence-electron chi connectivity index (χ2n) is 9.50. The summed E-state index contributed by atoms with van der Waals surface area (Å²) in [6, 6.07) is 5.57. The van der Waals surface area contributed by atoms with Gasteiger partial charge in [-0.25, -0.2) is 14.0 Å². The van der Waals surface area contributed by atoms with E-state index in [0.29, 0.717) is 31.6 Å². The van der Waals surface area contributed by atoms with Crippen molar-refractivity contribution in [3.8, 4) is 0 Å². The van der Waals surface area contributed by atoms with Crippen LogP contribution in [-0.4, -0.2) is 59.2 Å². The van der Waals surface area contributed by atoms with Crippen LogP contribution in [0.2, 0.25) is 0 Å². The lowest BCUT2D eigenvalue weighted by Crippen LogP contribution is -2.57. The standard InChI is InChI=1S/C23H32FN3O5/c1-22(2,3)31-20(29)26-13-4-5-18(15-26)27-14-12-23(32-21(27)30,11-10-19(25)28)16-6-8-17(24)9-7-16/h6-9,18H,4-5,10-15H2,1-3H3,(H2,25,28). The number of hydrogen-bond donors (Lipinski definition) is 1. The minimum absolute atomic E-state index is 0.0422. The highest BCUT2D eigenvalue weighted by Gasteiger charge is 2.45. The average molecular weight is 450 g/mol. The van der Waals surface area contributed by atoms with Gasteiger partial charge in [-0.15, -0.1) is 0 Å². The molecule has 0 aliphatic carbocycles. The van der Waals surface area contributed by atoms with Gasteiger partial charge in [0, 0.05) is 38.9 Å². The third-order valence-electron chi connectivity index (χ3n) is 5.91. The van der Waals surface area contributed by atoms with Gasteiger partial charge in [0.15, 0.2) is 0 Å². The average Bonchev–Trinajstić information content (AvgIpc) is 2.71. The van der Waals surface area contributed by atoms with Crippen molar-refractivity contribution in [3.05, 3.63) is 35.6 Å². The number of amides is 3. The van der Waals surface area contributed by atoms with Crippen molar-refractivity contribution in [2.75, 3.05) is 19.6 Å². The molecule has 2 unspecified atom stereocenters. The lowest BCUT2D eigenvalue weighted by Gasteiger charge is -2.46. The van der Waals surface area contributed by atoms with Gasteiger partial charge in [0.2, 0.25) is 5.91 Å². The maximum absolute atomic E-state index is 13.4. The molecule has 0 saturated carbocycles. The molecular weight excluding hydrogens is 417 g/mol. The third-order valence-corrected chi connectivity index (χ3v) is 5.91. The zero-order valence-electron chi connectivity index (χ0n) is 18.9. The molecule has 2 aliphatic rings. The molecule has 32 heavy (non-hydrogen) atoms. The molecule has 8 nitrogen and oxygen atoms in total. The molecule has 1 aromatic rings. The largest absolute Gasteiger partial charge is 0.444 e. The molecule has 176 valence electrons. The Kier molecular flexibility index (Phi) is 6.95. The van der Waals surface area contributed by atoms with E-state index in [0.717, 1.165) is 12.8 Å². The van der Waals surface area contributed by atoms with Crippen molar-refractivity contribution in [2.24, 2.45) is 5.73 Å². The van der Waals surface area contributed by atoms with Crippen molar-refractivity contribution < 1.29 is 28.2 Å². The monoisotopic (exact) mass is 449 g/mol. The van der Waals surface area contributed by atoms with Gasteiger partial charge in [0.25, 0.3) is 0 Å². The van der Waals surface area contributed by atoms with Crippen molar-refractivity contribution in [1.29, 1.82) is 0 Å². The van der Waals surface area contributed by atoms with Crippen molar-refractivity contribution in [1.82, 2.24) is 9.80 Å². The fourth-order valence-electron chi connectivity index (χ4n) is 4.30. The summed E-state index contributed by atoms with van der Waals surface area (Å²) in [5.74, 6) is -0.891. The Bertz CT molecular complexity index is 854. The van der Waals surface area contributed by atoms with E-state index in [4.69, 9.17) is 15.2 Å². The maximum atomic E-state index is 13.4. The second kappa shape index (κ2) is 9.34. The van der Waals surface area contributed by atoms with Crippen LogP contribution < -0.4 is 5.73 Å². The number of rotatable bonds is 5. The van der Waals surface area contributed by atoms with E-state index < -0.39 is 35.1 Å². The highest BCUT2D eigenvalue weighted by molar-refractivity contribution is 5.74. The van der Waals surface area contributed by atoms with Crippen LogP contribution >= 0.6 is 0 Å². The quantitative estimate of drug-likeness (QED) is 0.741. The number of primary amides is 1. The number of carbonyl (C=O) groups is 3. The summed E-state index contributed by atoms with van der Waals surface area (Å²) in [7, 11) is 0. The predicted molar refractivity (Wildman–Crippen MR) is 115 cm³/mol. The smallest absolute Gasteiger partial charge is 0.410 e. The molecule has 0 spiro atoms. The topological polar surface area (TPSA) is 102 Å². The molecule has 0 radical (unpaired) electrons. The molecule has 2 N–H and O–H groups in total. The third kappa shape index (κ3) is 5.69. The van der Waals surface area contributed by atoms with Crippen LogP contribution in [0, 0.1) is 5.82 Å². The van der Waals surface area contributed by atoms with Gasteiger partial charge in [0.05, 0.1) is 6.04 Å². The Morgan fingerprint density at radius 3 is 2.53 bits per heavy atom. The summed E-state index contributed by atoms with van der Waals surface area (Å²) in [6.45, 7) is 6.78. The number of ether oxygens (including phenoxy) is 2. The summed E-state index contributed by atoms with van der Waals surface area (Å²) >= 11 is 0. The van der Waals surface area contributed by atoms with Gasteiger partial charge in [-0.1, -0.05) is 12.1 Å². The summed E-state index contributed by atoms with van der Waals surface area (Å²) in [5.41, 5.74) is 4.33. The number of carbonyl (C=O) groups excluding carboxylic acids is 3. The number of halogens is 1. The van der Waals surface area contributed by atoms with Crippen molar-refractivity contribution in [3.63, 3.8) is 0 Å². The van der Waals surface area contributed by atoms with E-state index >= 15 is 0 Å². The number of nitrogens with two attached hydrogens (primary N) is 1. The van der Waals surface area contributed by atoms with Gasteiger partial charge in [-0.3, -0.25) is 4.79 Å². The Morgan fingerprint density at radius 2 is 1.94 bits per heavy atom. The number of likely N-dealkylation sites (tertiary alicyclic amines) is 1. The number of benzene rings is 1. The van der Waals surface area contributed by atoms with Crippen molar-refractivity contribution in [2.45, 2.75) is 70.1 Å². The van der Waals surface area contributed by atoms with E-state index in [-0.39, 0.29) is 18.9 Å². The van der Waals surface area contributed by atoms with E-state index in [9.17, 15) is 18.8 Å². The zero-order chi connectivity index (χ0) is 23.5. The molecule has 2 aliphatic heterocycles. The first-order valence-corrected chi connectivity index (χ1v) is 11.0. The van der Waals surface area contributed by atoms with Crippen molar-refractivity contribution >= 4 is 18.1 Å². The molecule has 9 heteroatoms. The number of cyclic esters (lactones) is 1. The van der Waals surface area contributed by atoms with E-state index in [1.165, 1.54) is 12.1 Å². The zero-order valence-corrected chi connectivity index (χ0v) is 18.9. The van der Waals surface area contributed by atoms with Gasteiger partial charge in [-0.05, 0) is 51.3 Å². The lowest BCUT2D eigenvalue weighted by atomic mass is 9.84. The minimum atomic E-state index is -1.05. The van der Waals surface area contributed by atoms with Gasteiger partial charge in [-0.2, -0.15) is 0 Å². The SMILES string of the molecule is CC(C)(C)OC(=O)N1CCCC(N2CCC(CCC(N)=O)(c3ccc(F)cc3)OC2=O)C1. The fraction of sp³-hybridized carbons (Fsp3) is 0.609. The molecule has 2 fully saturated rings. The second-order valence-corrected chi connectivity index (χ2v) is 9.50. The maximum Gasteiger partial charge on any atom is 0.410 e. The van der Waals surface area contributed by atoms with Crippen LogP contribution in [0.5, 0.6) is 0 Å². The van der Waals surface area contributed by atoms with Crippen LogP contribution in [0.1, 0.15) is 58.4 Å². The molecule has 2 saturated heterocycles. The summed E-state index contributed by atoms with van der Waals surface area (Å²) < 4.78 is 24.8. The highest BCUT2D eigenvalue weighted by atomic mass is 19.1. The molecule has 2 heterocycles. The van der Waals surface area contributed by atoms with E-state index in [1.54, 1.807) is 21.9 Å². The van der Waals surface area contributed by atoms with Gasteiger partial charge in [0.1, 0.15) is 17.0 Å². The highest BCUT2D eigenvalue weighted by Crippen LogP contribution is 2.39. The molecule has 3 amide bonds. The molecule has 0 aromatic heterocycles. The molecule has 0 bridgehead atoms. The van der Waals surface area contributed by atoms with Crippen LogP contribution in [-0.2, 0) is 19.9 Å². The lowest BCUT2D eigenvalue weighted by molar-refractivity contribution is -0.121. The van der Waals surface area contributed by atoms with Gasteiger partial charge >= 0.3 is 12.2 Å². The van der Waals surface area contributed by atoms with Crippen LogP contribution in [0.15, 0.2) is 24.3 Å². The predicted octanol–water partition coefficient (Wildman–Crippen LogP) is 3.53. The Morgan fingerprint density at radius 1 is 1.25 bits per heavy atom. The van der Waals surface area contributed by atoms with Crippen LogP contribution in [0.3, 0.4) is 0 Å². The first-order chi connectivity index (χ1) is 15.0. The molecule has 1 aromatic carbocycles. The normalized spacial score (nSPS) is 24.1. The van der Waals surface area contributed by atoms with Gasteiger partial charge < -0.3 is 25.0 Å². The van der Waals surface area contributed by atoms with Crippen LogP contribution in [0.4, 0.5) is 14.0 Å². The van der Waals surface area contributed by atoms with E-state index in [2.05, 4.69) is 0 Å². The fourth-order valence-corrected chi connectivity index (χ4v) is 4.30. The van der Waals surface area contributed by atoms with E-state index in [1.807, 2.05) is 20.8 Å². The number of nitrogens with zero attached hydrogens (tertiary/aromatic N) is 2. The number of hydrogen-bond acceptors (Lipinski definition) is 5. The first-order valence-electron chi connectivity index (χ1n) is 11.0. The molecular formula is C23H32FN3O5. The minimum Gasteiger partial charge on any atom is -0.444 e. The Balaban J connectivity index is 1.73. The molecule has 2 atom stereocenters.